The van der Waals surface area contributed by atoms with Gasteiger partial charge in [-0.15, -0.1) is 0 Å². The zero-order valence-electron chi connectivity index (χ0n) is 12.5. The first-order valence-electron chi connectivity index (χ1n) is 7.57. The lowest BCUT2D eigenvalue weighted by Gasteiger charge is -2.21. The maximum Gasteiger partial charge on any atom is 0.242 e. The van der Waals surface area contributed by atoms with Crippen LogP contribution in [0.2, 0.25) is 0 Å². The summed E-state index contributed by atoms with van der Waals surface area (Å²) >= 11 is 0. The number of ether oxygens (including phenoxy) is 1. The maximum absolute atomic E-state index is 12.2. The number of aromatic nitrogens is 1. The molecule has 0 unspecified atom stereocenters. The third kappa shape index (κ3) is 5.10. The zero-order chi connectivity index (χ0) is 15.1. The number of aromatic amines is 1. The van der Waals surface area contributed by atoms with Crippen LogP contribution in [-0.4, -0.2) is 39.7 Å². The van der Waals surface area contributed by atoms with Crippen LogP contribution in [0.25, 0.3) is 0 Å². The van der Waals surface area contributed by atoms with Crippen LogP contribution in [0.15, 0.2) is 17.2 Å². The summed E-state index contributed by atoms with van der Waals surface area (Å²) in [4.78, 5) is 3.32. The van der Waals surface area contributed by atoms with Crippen molar-refractivity contribution in [1.82, 2.24) is 15.0 Å². The molecule has 0 radical (unpaired) electrons. The second-order valence-corrected chi connectivity index (χ2v) is 7.21. The van der Waals surface area contributed by atoms with E-state index in [2.05, 4.69) is 21.9 Å². The molecule has 0 spiro atoms. The summed E-state index contributed by atoms with van der Waals surface area (Å²) < 4.78 is 32.4. The van der Waals surface area contributed by atoms with Crippen LogP contribution in [0.4, 0.5) is 0 Å². The van der Waals surface area contributed by atoms with E-state index in [0.29, 0.717) is 23.9 Å². The van der Waals surface area contributed by atoms with Crippen LogP contribution in [-0.2, 0) is 21.3 Å². The fourth-order valence-electron chi connectivity index (χ4n) is 2.34. The Morgan fingerprint density at radius 2 is 2.14 bits per heavy atom. The minimum Gasteiger partial charge on any atom is -0.381 e. The molecule has 0 atom stereocenters. The van der Waals surface area contributed by atoms with Crippen LogP contribution < -0.4 is 10.0 Å². The van der Waals surface area contributed by atoms with E-state index in [1.54, 1.807) is 12.3 Å². The van der Waals surface area contributed by atoms with E-state index in [1.165, 1.54) is 0 Å². The molecule has 1 fully saturated rings. The van der Waals surface area contributed by atoms with Gasteiger partial charge in [0.2, 0.25) is 10.0 Å². The first kappa shape index (κ1) is 16.5. The highest BCUT2D eigenvalue weighted by Crippen LogP contribution is 2.15. The summed E-state index contributed by atoms with van der Waals surface area (Å²) in [6.07, 6.45) is 4.44. The molecule has 2 rings (SSSR count). The molecule has 0 aromatic carbocycles. The van der Waals surface area contributed by atoms with E-state index in [-0.39, 0.29) is 0 Å². The minimum atomic E-state index is -3.42. The quantitative estimate of drug-likeness (QED) is 0.630. The smallest absolute Gasteiger partial charge is 0.242 e. The third-order valence-corrected chi connectivity index (χ3v) is 5.07. The Kier molecular flexibility index (Phi) is 6.22. The normalized spacial score (nSPS) is 17.2. The van der Waals surface area contributed by atoms with Crippen molar-refractivity contribution < 1.29 is 13.2 Å². The number of nitrogens with one attached hydrogen (secondary N) is 3. The molecule has 1 aliphatic rings. The lowest BCUT2D eigenvalue weighted by atomic mass is 10.0. The van der Waals surface area contributed by atoms with Gasteiger partial charge in [-0.2, -0.15) is 0 Å². The second-order valence-electron chi connectivity index (χ2n) is 5.45. The van der Waals surface area contributed by atoms with E-state index >= 15 is 0 Å². The Balaban J connectivity index is 1.86. The number of rotatable bonds is 8. The average molecular weight is 315 g/mol. The average Bonchev–Trinajstić information content (AvgIpc) is 2.96. The van der Waals surface area contributed by atoms with Gasteiger partial charge in [0.1, 0.15) is 0 Å². The van der Waals surface area contributed by atoms with Gasteiger partial charge in [-0.1, -0.05) is 6.92 Å². The summed E-state index contributed by atoms with van der Waals surface area (Å²) in [5.74, 6) is 0.373. The second kappa shape index (κ2) is 7.93. The molecule has 2 heterocycles. The number of H-pyrrole nitrogens is 1. The monoisotopic (exact) mass is 315 g/mol. The molecule has 21 heavy (non-hydrogen) atoms. The van der Waals surface area contributed by atoms with E-state index in [0.717, 1.165) is 44.7 Å². The number of hydrogen-bond donors (Lipinski definition) is 3. The zero-order valence-corrected chi connectivity index (χ0v) is 13.3. The Morgan fingerprint density at radius 1 is 1.38 bits per heavy atom. The van der Waals surface area contributed by atoms with Crippen LogP contribution >= 0.6 is 0 Å². The van der Waals surface area contributed by atoms with Gasteiger partial charge in [0.25, 0.3) is 0 Å². The van der Waals surface area contributed by atoms with Crippen LogP contribution in [0.1, 0.15) is 31.9 Å². The highest BCUT2D eigenvalue weighted by atomic mass is 32.2. The predicted molar refractivity (Wildman–Crippen MR) is 81.5 cm³/mol. The topological polar surface area (TPSA) is 83.2 Å². The summed E-state index contributed by atoms with van der Waals surface area (Å²) in [5, 5.41) is 3.24. The summed E-state index contributed by atoms with van der Waals surface area (Å²) in [6.45, 7) is 5.61. The molecule has 0 aliphatic carbocycles. The molecular formula is C14H25N3O3S. The van der Waals surface area contributed by atoms with Crippen LogP contribution in [0.5, 0.6) is 0 Å². The maximum atomic E-state index is 12.2. The molecule has 1 aromatic heterocycles. The van der Waals surface area contributed by atoms with E-state index < -0.39 is 10.0 Å². The standard InChI is InChI=1S/C14H25N3O3S/c1-2-5-15-10-13-8-14(11-16-13)21(18,19)17-9-12-3-6-20-7-4-12/h8,11-12,15-17H,2-7,9-10H2,1H3. The molecule has 0 saturated carbocycles. The van der Waals surface area contributed by atoms with Gasteiger partial charge < -0.3 is 15.0 Å². The first-order valence-corrected chi connectivity index (χ1v) is 9.05. The van der Waals surface area contributed by atoms with Gasteiger partial charge in [-0.05, 0) is 37.8 Å². The lowest BCUT2D eigenvalue weighted by Crippen LogP contribution is -2.32. The summed E-state index contributed by atoms with van der Waals surface area (Å²) in [5.41, 5.74) is 0.884. The fourth-order valence-corrected chi connectivity index (χ4v) is 3.47. The predicted octanol–water partition coefficient (Wildman–Crippen LogP) is 1.22. The van der Waals surface area contributed by atoms with Crippen molar-refractivity contribution in [3.63, 3.8) is 0 Å². The summed E-state index contributed by atoms with van der Waals surface area (Å²) in [7, 11) is -3.42. The van der Waals surface area contributed by atoms with Gasteiger partial charge in [0.15, 0.2) is 0 Å². The fraction of sp³-hybridized carbons (Fsp3) is 0.714. The molecule has 120 valence electrons. The molecule has 0 bridgehead atoms. The van der Waals surface area contributed by atoms with Crippen molar-refractivity contribution in [2.75, 3.05) is 26.3 Å². The Hall–Kier alpha value is -0.890. The largest absolute Gasteiger partial charge is 0.381 e. The minimum absolute atomic E-state index is 0.308. The van der Waals surface area contributed by atoms with Crippen molar-refractivity contribution in [2.24, 2.45) is 5.92 Å². The number of sulfonamides is 1. The SMILES string of the molecule is CCCNCc1cc(S(=O)(=O)NCC2CCOCC2)c[nH]1. The van der Waals surface area contributed by atoms with Gasteiger partial charge >= 0.3 is 0 Å². The van der Waals surface area contributed by atoms with Crippen molar-refractivity contribution in [2.45, 2.75) is 37.6 Å². The van der Waals surface area contributed by atoms with Crippen molar-refractivity contribution >= 4 is 10.0 Å². The van der Waals surface area contributed by atoms with E-state index in [4.69, 9.17) is 4.74 Å². The molecule has 1 saturated heterocycles. The molecule has 3 N–H and O–H groups in total. The van der Waals surface area contributed by atoms with Crippen LogP contribution in [0.3, 0.4) is 0 Å². The molecule has 1 aliphatic heterocycles. The van der Waals surface area contributed by atoms with E-state index in [1.807, 2.05) is 0 Å². The van der Waals surface area contributed by atoms with Crippen molar-refractivity contribution in [3.8, 4) is 0 Å². The van der Waals surface area contributed by atoms with Gasteiger partial charge in [-0.3, -0.25) is 0 Å². The van der Waals surface area contributed by atoms with Gasteiger partial charge in [0, 0.05) is 38.2 Å². The molecular weight excluding hydrogens is 290 g/mol. The number of hydrogen-bond acceptors (Lipinski definition) is 4. The lowest BCUT2D eigenvalue weighted by molar-refractivity contribution is 0.0678. The van der Waals surface area contributed by atoms with E-state index in [9.17, 15) is 8.42 Å². The highest BCUT2D eigenvalue weighted by Gasteiger charge is 2.20. The van der Waals surface area contributed by atoms with Crippen LogP contribution in [0, 0.1) is 5.92 Å². The van der Waals surface area contributed by atoms with Gasteiger partial charge in [-0.25, -0.2) is 13.1 Å². The molecule has 0 amide bonds. The van der Waals surface area contributed by atoms with Crippen molar-refractivity contribution in [3.05, 3.63) is 18.0 Å². The molecule has 1 aromatic rings. The Bertz CT molecular complexity index is 521. The Labute approximate surface area is 126 Å². The first-order chi connectivity index (χ1) is 10.1. The molecule has 7 heteroatoms. The van der Waals surface area contributed by atoms with Gasteiger partial charge in [0.05, 0.1) is 4.90 Å². The third-order valence-electron chi connectivity index (χ3n) is 3.67. The molecule has 6 nitrogen and oxygen atoms in total. The van der Waals surface area contributed by atoms with Crippen molar-refractivity contribution in [1.29, 1.82) is 0 Å². The highest BCUT2D eigenvalue weighted by molar-refractivity contribution is 7.89. The summed E-state index contributed by atoms with van der Waals surface area (Å²) in [6, 6.07) is 1.69. The Morgan fingerprint density at radius 3 is 2.86 bits per heavy atom.